The molecule has 5 aliphatic rings. The quantitative estimate of drug-likeness (QED) is 0.0385. The van der Waals surface area contributed by atoms with Crippen LogP contribution in [0.1, 0.15) is 82.0 Å². The highest BCUT2D eigenvalue weighted by atomic mass is 16.8. The molecule has 1 aromatic rings. The number of hydrogen-bond acceptors (Lipinski definition) is 26. The Balaban J connectivity index is 1.06. The van der Waals surface area contributed by atoms with Gasteiger partial charge in [0.1, 0.15) is 103 Å². The summed E-state index contributed by atoms with van der Waals surface area (Å²) in [5.74, 6) is -0.298. The van der Waals surface area contributed by atoms with Gasteiger partial charge in [0.05, 0.1) is 69.9 Å². The first-order valence-electron chi connectivity index (χ1n) is 26.5. The van der Waals surface area contributed by atoms with Crippen molar-refractivity contribution in [1.29, 1.82) is 0 Å². The van der Waals surface area contributed by atoms with Crippen LogP contribution in [0.5, 0.6) is 5.75 Å². The van der Waals surface area contributed by atoms with Crippen LogP contribution >= 0.6 is 0 Å². The molecule has 76 heavy (non-hydrogen) atoms. The number of ether oxygens (including phenoxy) is 10. The van der Waals surface area contributed by atoms with Gasteiger partial charge in [0.2, 0.25) is 0 Å². The van der Waals surface area contributed by atoms with Gasteiger partial charge in [-0.2, -0.15) is 0 Å². The van der Waals surface area contributed by atoms with E-state index in [2.05, 4.69) is 12.2 Å². The third kappa shape index (κ3) is 15.1. The Labute approximate surface area is 441 Å². The molecule has 27 nitrogen and oxygen atoms in total. The molecule has 5 aliphatic heterocycles. The maximum atomic E-state index is 13.7. The number of nitrogens with one attached hydrogen (secondary N) is 1. The van der Waals surface area contributed by atoms with Gasteiger partial charge in [-0.15, -0.1) is 0 Å². The zero-order valence-electron chi connectivity index (χ0n) is 43.1. The van der Waals surface area contributed by atoms with Gasteiger partial charge in [0, 0.05) is 5.56 Å². The van der Waals surface area contributed by atoms with Gasteiger partial charge in [0.15, 0.2) is 25.2 Å². The summed E-state index contributed by atoms with van der Waals surface area (Å²) in [4.78, 5) is 13.7. The van der Waals surface area contributed by atoms with Crippen molar-refractivity contribution in [3.63, 3.8) is 0 Å². The van der Waals surface area contributed by atoms with E-state index in [0.717, 1.165) is 19.3 Å². The second-order valence-electron chi connectivity index (χ2n) is 20.3. The van der Waals surface area contributed by atoms with Crippen molar-refractivity contribution in [3.05, 3.63) is 29.8 Å². The van der Waals surface area contributed by atoms with Crippen molar-refractivity contribution in [3.8, 4) is 5.75 Å². The predicted molar refractivity (Wildman–Crippen MR) is 262 cm³/mol. The average molecular weight is 1100 g/mol. The normalized spacial score (nSPS) is 42.1. The molecule has 21 unspecified atom stereocenters. The van der Waals surface area contributed by atoms with Gasteiger partial charge in [-0.05, 0) is 31.5 Å². The highest BCUT2D eigenvalue weighted by Gasteiger charge is 2.55. The molecule has 20 N–H and O–H groups in total. The monoisotopic (exact) mass is 1100 g/mol. The molecule has 1 amide bonds. The van der Waals surface area contributed by atoms with E-state index in [0.29, 0.717) is 12.4 Å². The van der Waals surface area contributed by atoms with Crippen molar-refractivity contribution < 1.29 is 108 Å². The second-order valence-corrected chi connectivity index (χ2v) is 20.3. The molecule has 0 bridgehead atoms. The summed E-state index contributed by atoms with van der Waals surface area (Å²) < 4.78 is 59.1. The molecule has 0 saturated carbocycles. The van der Waals surface area contributed by atoms with Crippen molar-refractivity contribution in [2.24, 2.45) is 22.9 Å². The Morgan fingerprint density at radius 3 is 1.36 bits per heavy atom. The number of carbonyl (C=O) groups excluding carboxylic acids is 1. The summed E-state index contributed by atoms with van der Waals surface area (Å²) in [6.07, 6.45) is -19.8. The summed E-state index contributed by atoms with van der Waals surface area (Å²) in [5.41, 5.74) is 25.3. The Morgan fingerprint density at radius 1 is 0.513 bits per heavy atom. The first-order chi connectivity index (χ1) is 36.4. The number of unbranched alkanes of at least 4 members (excludes halogenated alkanes) is 8. The molecular weight excluding hydrogens is 1010 g/mol. The maximum Gasteiger partial charge on any atom is 0.251 e. The van der Waals surface area contributed by atoms with Crippen molar-refractivity contribution in [1.82, 2.24) is 5.32 Å². The van der Waals surface area contributed by atoms with Crippen LogP contribution in [0.4, 0.5) is 0 Å². The van der Waals surface area contributed by atoms with Crippen LogP contribution in [0.25, 0.3) is 0 Å². The smallest absolute Gasteiger partial charge is 0.251 e. The molecule has 0 aromatic heterocycles. The number of aliphatic hydroxyl groups excluding tert-OH is 11. The lowest BCUT2D eigenvalue weighted by Gasteiger charge is -2.50. The molecule has 5 fully saturated rings. The molecule has 27 heteroatoms. The van der Waals surface area contributed by atoms with E-state index in [1.807, 2.05) is 0 Å². The highest BCUT2D eigenvalue weighted by molar-refractivity contribution is 5.94. The summed E-state index contributed by atoms with van der Waals surface area (Å²) in [7, 11) is 0. The number of benzene rings is 1. The SMILES string of the molecule is CCCCCCCCCCCOc1cccc(C(=O)NC2C(OC3C(O)C(N)[C@H](OC4C(CO)OC(OC5C(O)C(N)[C@H](OC6C(CO)OC(C)C(N)C6O)O[C@H]5CO)C(N)C4O)O[C@H]3CO)OC(CO)C(O)C2O)c1. The van der Waals surface area contributed by atoms with Crippen LogP contribution in [-0.2, 0) is 42.6 Å². The van der Waals surface area contributed by atoms with E-state index in [1.54, 1.807) is 19.1 Å². The fourth-order valence-corrected chi connectivity index (χ4v) is 10.1. The van der Waals surface area contributed by atoms with E-state index in [4.69, 9.17) is 70.3 Å². The summed E-state index contributed by atoms with van der Waals surface area (Å²) in [6.45, 7) is 0.369. The molecule has 1 aromatic carbocycles. The minimum atomic E-state index is -1.80. The van der Waals surface area contributed by atoms with E-state index in [-0.39, 0.29) is 5.56 Å². The zero-order valence-corrected chi connectivity index (χ0v) is 43.1. The Kier molecular flexibility index (Phi) is 24.6. The van der Waals surface area contributed by atoms with Crippen LogP contribution in [0, 0.1) is 0 Å². The number of hydrogen-bond donors (Lipinski definition) is 16. The van der Waals surface area contributed by atoms with Crippen molar-refractivity contribution in [2.45, 2.75) is 225 Å². The van der Waals surface area contributed by atoms with E-state index < -0.39 is 192 Å². The second kappa shape index (κ2) is 29.8. The van der Waals surface area contributed by atoms with Crippen molar-refractivity contribution in [2.75, 3.05) is 39.6 Å². The Bertz CT molecular complexity index is 1870. The fraction of sp³-hybridized carbons (Fsp3) is 0.857. The van der Waals surface area contributed by atoms with Crippen LogP contribution in [-0.4, -0.2) is 255 Å². The molecule has 438 valence electrons. The molecule has 5 heterocycles. The number of carbonyl (C=O) groups is 1. The van der Waals surface area contributed by atoms with E-state index >= 15 is 0 Å². The number of aliphatic hydroxyl groups is 11. The minimum absolute atomic E-state index is 0.128. The third-order valence-corrected chi connectivity index (χ3v) is 14.9. The standard InChI is InChI=1S/C49H85N5O22/c1-3-4-5-6-7-8-9-10-11-15-67-24-14-12-13-23(16-24)45(66)54-34-40(65)35(60)25(17-55)69-49(34)76-44-29(21-59)72-48(33(53)39(44)64)75-43-28(20-58)71-47(32(52)38(43)63)74-42-27(19-57)70-46(31(51)37(42)62)73-41-26(18-56)68-22(2)30(50)36(41)61/h12-14,16,22,25-44,46-49,55-65H,3-11,15,17-21,50-53H2,1-2H3,(H,54,66)/t22?,25?,26?,27-,28?,29-,30?,31?,32?,33?,34?,35?,36?,37?,38?,39?,40?,41?,42?,43?,44?,46-,47?,48-,49?/m0/s1. The Morgan fingerprint density at radius 2 is 0.908 bits per heavy atom. The number of rotatable bonds is 26. The summed E-state index contributed by atoms with van der Waals surface area (Å²) in [6, 6.07) is -0.642. The molecule has 25 atom stereocenters. The third-order valence-electron chi connectivity index (χ3n) is 14.9. The van der Waals surface area contributed by atoms with Gasteiger partial charge in [-0.3, -0.25) is 4.79 Å². The zero-order chi connectivity index (χ0) is 55.4. The first-order valence-corrected chi connectivity index (χ1v) is 26.5. The van der Waals surface area contributed by atoms with Gasteiger partial charge in [-0.25, -0.2) is 0 Å². The van der Waals surface area contributed by atoms with E-state index in [1.165, 1.54) is 50.7 Å². The molecule has 0 spiro atoms. The molecular formula is C49H85N5O22. The van der Waals surface area contributed by atoms with Crippen LogP contribution in [0.3, 0.4) is 0 Å². The van der Waals surface area contributed by atoms with Crippen LogP contribution < -0.4 is 33.0 Å². The molecule has 6 rings (SSSR count). The van der Waals surface area contributed by atoms with E-state index in [9.17, 15) is 61.0 Å². The molecule has 0 aliphatic carbocycles. The summed E-state index contributed by atoms with van der Waals surface area (Å²) in [5, 5.41) is 121. The Hall–Kier alpha value is -2.47. The fourth-order valence-electron chi connectivity index (χ4n) is 10.1. The lowest BCUT2D eigenvalue weighted by Crippen LogP contribution is -2.71. The largest absolute Gasteiger partial charge is 0.494 e. The van der Waals surface area contributed by atoms with Gasteiger partial charge < -0.3 is 132 Å². The predicted octanol–water partition coefficient (Wildman–Crippen LogP) is -5.64. The minimum Gasteiger partial charge on any atom is -0.494 e. The highest BCUT2D eigenvalue weighted by Crippen LogP contribution is 2.35. The van der Waals surface area contributed by atoms with Crippen LogP contribution in [0.15, 0.2) is 24.3 Å². The average Bonchev–Trinajstić information content (AvgIpc) is 3.42. The van der Waals surface area contributed by atoms with Gasteiger partial charge >= 0.3 is 0 Å². The van der Waals surface area contributed by atoms with Gasteiger partial charge in [0.25, 0.3) is 5.91 Å². The van der Waals surface area contributed by atoms with Crippen molar-refractivity contribution >= 4 is 5.91 Å². The topological polar surface area (TPSA) is 448 Å². The summed E-state index contributed by atoms with van der Waals surface area (Å²) >= 11 is 0. The lowest BCUT2D eigenvalue weighted by molar-refractivity contribution is -0.363. The van der Waals surface area contributed by atoms with Crippen LogP contribution in [0.2, 0.25) is 0 Å². The number of amides is 1. The number of nitrogens with two attached hydrogens (primary N) is 4. The first kappa shape index (κ1) is 62.7. The maximum absolute atomic E-state index is 13.7. The molecule has 0 radical (unpaired) electrons. The molecule has 5 saturated heterocycles. The van der Waals surface area contributed by atoms with Gasteiger partial charge in [-0.1, -0.05) is 64.4 Å². The lowest BCUT2D eigenvalue weighted by atomic mass is 9.93.